The Kier molecular flexibility index (Phi) is 3.66. The van der Waals surface area contributed by atoms with Gasteiger partial charge in [-0.1, -0.05) is 25.6 Å². The number of nitrogens with two attached hydrogens (primary N) is 1. The molecule has 104 valence electrons. The summed E-state index contributed by atoms with van der Waals surface area (Å²) in [5, 5.41) is 3.00. The lowest BCUT2D eigenvalue weighted by atomic mass is 10.2. The zero-order chi connectivity index (χ0) is 14.2. The van der Waals surface area contributed by atoms with Gasteiger partial charge in [-0.25, -0.2) is 4.98 Å². The van der Waals surface area contributed by atoms with Crippen LogP contribution in [0, 0.1) is 5.92 Å². The van der Waals surface area contributed by atoms with E-state index >= 15 is 0 Å². The van der Waals surface area contributed by atoms with E-state index in [-0.39, 0.29) is 16.8 Å². The molecule has 2 atom stereocenters. The van der Waals surface area contributed by atoms with Crippen LogP contribution in [0.5, 0.6) is 0 Å². The van der Waals surface area contributed by atoms with E-state index in [0.29, 0.717) is 11.5 Å². The highest BCUT2D eigenvalue weighted by Crippen LogP contribution is 2.37. The van der Waals surface area contributed by atoms with Crippen LogP contribution in [0.15, 0.2) is 12.1 Å². The summed E-state index contributed by atoms with van der Waals surface area (Å²) in [6.07, 6.45) is -2.55. The molecule has 0 aromatic carbocycles. The van der Waals surface area contributed by atoms with Crippen LogP contribution in [-0.2, 0) is 6.18 Å². The van der Waals surface area contributed by atoms with Crippen LogP contribution < -0.4 is 11.1 Å². The Hall–Kier alpha value is -1.37. The SMILES string of the molecule is CCC1CC1Nc1nc(C(F)(F)F)ccc1C(N)=S. The van der Waals surface area contributed by atoms with Crippen LogP contribution in [0.2, 0.25) is 0 Å². The van der Waals surface area contributed by atoms with Crippen LogP contribution in [0.25, 0.3) is 0 Å². The average Bonchev–Trinajstić information content (AvgIpc) is 3.06. The lowest BCUT2D eigenvalue weighted by Crippen LogP contribution is -2.18. The Labute approximate surface area is 114 Å². The smallest absolute Gasteiger partial charge is 0.389 e. The second-order valence-corrected chi connectivity index (χ2v) is 5.05. The Morgan fingerprint density at radius 2 is 2.21 bits per heavy atom. The number of aromatic nitrogens is 1. The molecule has 7 heteroatoms. The standard InChI is InChI=1S/C12H14F3N3S/c1-2-6-5-8(6)17-11-7(10(16)19)3-4-9(18-11)12(13,14)15/h3-4,6,8H,2,5H2,1H3,(H2,16,19)(H,17,18). The number of hydrogen-bond donors (Lipinski definition) is 2. The summed E-state index contributed by atoms with van der Waals surface area (Å²) in [4.78, 5) is 3.65. The van der Waals surface area contributed by atoms with Crippen LogP contribution in [-0.4, -0.2) is 16.0 Å². The predicted octanol–water partition coefficient (Wildman–Crippen LogP) is 2.95. The highest BCUT2D eigenvalue weighted by atomic mass is 32.1. The number of alkyl halides is 3. The van der Waals surface area contributed by atoms with Crippen LogP contribution in [0.4, 0.5) is 19.0 Å². The zero-order valence-electron chi connectivity index (χ0n) is 10.3. The molecule has 19 heavy (non-hydrogen) atoms. The van der Waals surface area contributed by atoms with Gasteiger partial charge in [-0.05, 0) is 24.5 Å². The van der Waals surface area contributed by atoms with Gasteiger partial charge >= 0.3 is 6.18 Å². The van der Waals surface area contributed by atoms with Crippen molar-refractivity contribution >= 4 is 23.0 Å². The molecule has 1 aliphatic rings. The first-order valence-electron chi connectivity index (χ1n) is 5.97. The fraction of sp³-hybridized carbons (Fsp3) is 0.500. The number of pyridine rings is 1. The van der Waals surface area contributed by atoms with Gasteiger partial charge in [0.25, 0.3) is 0 Å². The third-order valence-electron chi connectivity index (χ3n) is 3.22. The van der Waals surface area contributed by atoms with Crippen molar-refractivity contribution in [3.8, 4) is 0 Å². The van der Waals surface area contributed by atoms with Crippen molar-refractivity contribution in [3.63, 3.8) is 0 Å². The van der Waals surface area contributed by atoms with Crippen LogP contribution >= 0.6 is 12.2 Å². The van der Waals surface area contributed by atoms with Gasteiger partial charge in [0.1, 0.15) is 16.5 Å². The zero-order valence-corrected chi connectivity index (χ0v) is 11.1. The van der Waals surface area contributed by atoms with Crippen molar-refractivity contribution < 1.29 is 13.2 Å². The average molecular weight is 289 g/mol. The third kappa shape index (κ3) is 3.15. The molecular weight excluding hydrogens is 275 g/mol. The molecule has 0 amide bonds. The normalized spacial score (nSPS) is 22.1. The van der Waals surface area contributed by atoms with Crippen LogP contribution in [0.3, 0.4) is 0 Å². The second-order valence-electron chi connectivity index (χ2n) is 4.61. The molecule has 3 N–H and O–H groups in total. The monoisotopic (exact) mass is 289 g/mol. The van der Waals surface area contributed by atoms with E-state index in [4.69, 9.17) is 18.0 Å². The molecule has 1 aromatic rings. The summed E-state index contributed by atoms with van der Waals surface area (Å²) in [5.41, 5.74) is 4.92. The lowest BCUT2D eigenvalue weighted by molar-refractivity contribution is -0.141. The Bertz CT molecular complexity index is 501. The Morgan fingerprint density at radius 1 is 1.53 bits per heavy atom. The molecular formula is C12H14F3N3S. The first-order chi connectivity index (χ1) is 8.82. The van der Waals surface area contributed by atoms with Gasteiger partial charge in [0.15, 0.2) is 0 Å². The second kappa shape index (κ2) is 4.96. The van der Waals surface area contributed by atoms with E-state index in [9.17, 15) is 13.2 Å². The fourth-order valence-corrected chi connectivity index (χ4v) is 2.14. The maximum atomic E-state index is 12.6. The van der Waals surface area contributed by atoms with E-state index in [1.54, 1.807) is 0 Å². The van der Waals surface area contributed by atoms with E-state index in [0.717, 1.165) is 18.9 Å². The fourth-order valence-electron chi connectivity index (χ4n) is 1.98. The highest BCUT2D eigenvalue weighted by Gasteiger charge is 2.37. The molecule has 0 saturated heterocycles. The van der Waals surface area contributed by atoms with Gasteiger partial charge < -0.3 is 11.1 Å². The molecule has 1 aliphatic carbocycles. The van der Waals surface area contributed by atoms with Gasteiger partial charge in [0.05, 0.1) is 5.56 Å². The summed E-state index contributed by atoms with van der Waals surface area (Å²) in [6.45, 7) is 2.04. The summed E-state index contributed by atoms with van der Waals surface area (Å²) in [6, 6.07) is 2.32. The molecule has 3 nitrogen and oxygen atoms in total. The molecule has 0 aliphatic heterocycles. The van der Waals surface area contributed by atoms with Crippen molar-refractivity contribution in [2.45, 2.75) is 32.0 Å². The van der Waals surface area contributed by atoms with E-state index in [1.807, 2.05) is 6.92 Å². The lowest BCUT2D eigenvalue weighted by Gasteiger charge is -2.13. The Balaban J connectivity index is 2.29. The number of hydrogen-bond acceptors (Lipinski definition) is 3. The molecule has 2 rings (SSSR count). The maximum Gasteiger partial charge on any atom is 0.433 e. The number of halogens is 3. The van der Waals surface area contributed by atoms with Gasteiger partial charge in [-0.2, -0.15) is 13.2 Å². The summed E-state index contributed by atoms with van der Waals surface area (Å²) >= 11 is 4.83. The molecule has 1 aromatic heterocycles. The summed E-state index contributed by atoms with van der Waals surface area (Å²) in [7, 11) is 0. The van der Waals surface area contributed by atoms with Crippen molar-refractivity contribution in [1.29, 1.82) is 0 Å². The van der Waals surface area contributed by atoms with Crippen molar-refractivity contribution in [2.24, 2.45) is 11.7 Å². The number of nitrogens with zero attached hydrogens (tertiary/aromatic N) is 1. The molecule has 2 unspecified atom stereocenters. The molecule has 1 heterocycles. The molecule has 0 radical (unpaired) electrons. The third-order valence-corrected chi connectivity index (χ3v) is 3.44. The minimum Gasteiger partial charge on any atom is -0.389 e. The summed E-state index contributed by atoms with van der Waals surface area (Å²) in [5.74, 6) is 0.610. The largest absolute Gasteiger partial charge is 0.433 e. The van der Waals surface area contributed by atoms with Crippen LogP contribution in [0.1, 0.15) is 31.0 Å². The molecule has 1 saturated carbocycles. The predicted molar refractivity (Wildman–Crippen MR) is 70.9 cm³/mol. The topological polar surface area (TPSA) is 50.9 Å². The molecule has 0 spiro atoms. The van der Waals surface area contributed by atoms with E-state index in [2.05, 4.69) is 10.3 Å². The van der Waals surface area contributed by atoms with Crippen molar-refractivity contribution in [3.05, 3.63) is 23.4 Å². The maximum absolute atomic E-state index is 12.6. The minimum atomic E-state index is -4.47. The van der Waals surface area contributed by atoms with Gasteiger partial charge in [-0.15, -0.1) is 0 Å². The number of anilines is 1. The quantitative estimate of drug-likeness (QED) is 0.837. The molecule has 0 bridgehead atoms. The highest BCUT2D eigenvalue weighted by molar-refractivity contribution is 7.80. The minimum absolute atomic E-state index is 0.0393. The molecule has 1 fully saturated rings. The van der Waals surface area contributed by atoms with Gasteiger partial charge in [-0.3, -0.25) is 0 Å². The van der Waals surface area contributed by atoms with Crippen molar-refractivity contribution in [1.82, 2.24) is 4.98 Å². The summed E-state index contributed by atoms with van der Waals surface area (Å²) < 4.78 is 37.9. The number of rotatable bonds is 4. The Morgan fingerprint density at radius 3 is 2.68 bits per heavy atom. The number of thiocarbonyl (C=S) groups is 1. The van der Waals surface area contributed by atoms with Gasteiger partial charge in [0, 0.05) is 6.04 Å². The van der Waals surface area contributed by atoms with Crippen molar-refractivity contribution in [2.75, 3.05) is 5.32 Å². The van der Waals surface area contributed by atoms with E-state index < -0.39 is 11.9 Å². The first kappa shape index (κ1) is 14.0. The van der Waals surface area contributed by atoms with Gasteiger partial charge in [0.2, 0.25) is 0 Å². The first-order valence-corrected chi connectivity index (χ1v) is 6.38. The number of nitrogens with one attached hydrogen (secondary N) is 1. The van der Waals surface area contributed by atoms with E-state index in [1.165, 1.54) is 6.07 Å².